The van der Waals surface area contributed by atoms with Gasteiger partial charge in [0.05, 0.1) is 11.4 Å². The summed E-state index contributed by atoms with van der Waals surface area (Å²) < 4.78 is 1.90. The average Bonchev–Trinajstić information content (AvgIpc) is 2.98. The number of anilines is 1. The number of nitrogen functional groups attached to an aromatic ring is 1. The average molecular weight is 302 g/mol. The first-order valence-corrected chi connectivity index (χ1v) is 7.21. The quantitative estimate of drug-likeness (QED) is 0.595. The smallest absolute Gasteiger partial charge is 0.165 e. The first-order valence-electron chi connectivity index (χ1n) is 7.21. The molecule has 0 aliphatic heterocycles. The first-order chi connectivity index (χ1) is 11.2. The van der Waals surface area contributed by atoms with Gasteiger partial charge in [-0.25, -0.2) is 9.97 Å². The van der Waals surface area contributed by atoms with Gasteiger partial charge in [-0.2, -0.15) is 0 Å². The molecule has 0 unspecified atom stereocenters. The Labute approximate surface area is 132 Å². The summed E-state index contributed by atoms with van der Waals surface area (Å²) in [6.45, 7) is 0. The third-order valence-corrected chi connectivity index (χ3v) is 3.75. The van der Waals surface area contributed by atoms with Crippen molar-refractivity contribution in [3.8, 4) is 22.7 Å². The fourth-order valence-corrected chi connectivity index (χ4v) is 2.62. The second-order valence-electron chi connectivity index (χ2n) is 5.24. The monoisotopic (exact) mass is 302 g/mol. The Morgan fingerprint density at radius 2 is 1.70 bits per heavy atom. The van der Waals surface area contributed by atoms with Gasteiger partial charge in [-0.15, -0.1) is 0 Å². The van der Waals surface area contributed by atoms with Crippen molar-refractivity contribution in [3.63, 3.8) is 0 Å². The number of hydrogen-bond donors (Lipinski definition) is 2. The predicted molar refractivity (Wildman–Crippen MR) is 90.4 cm³/mol. The van der Waals surface area contributed by atoms with E-state index in [1.165, 1.54) is 0 Å². The number of nitrogens with two attached hydrogens (primary N) is 1. The molecule has 0 aliphatic rings. The van der Waals surface area contributed by atoms with Gasteiger partial charge in [0.2, 0.25) is 0 Å². The molecule has 0 spiro atoms. The van der Waals surface area contributed by atoms with Crippen LogP contribution in [0.3, 0.4) is 0 Å². The maximum Gasteiger partial charge on any atom is 0.165 e. The molecule has 23 heavy (non-hydrogen) atoms. The number of phenolic OH excluding ortho intramolecular Hbond substituents is 1. The highest BCUT2D eigenvalue weighted by atomic mass is 16.3. The predicted octanol–water partition coefficient (Wildman–Crippen LogP) is 3.38. The van der Waals surface area contributed by atoms with Crippen molar-refractivity contribution < 1.29 is 5.11 Å². The van der Waals surface area contributed by atoms with Gasteiger partial charge in [0, 0.05) is 11.3 Å². The van der Waals surface area contributed by atoms with Crippen LogP contribution in [0.2, 0.25) is 0 Å². The maximum absolute atomic E-state index is 10.1. The lowest BCUT2D eigenvalue weighted by molar-refractivity contribution is 0.477. The van der Waals surface area contributed by atoms with Crippen LogP contribution in [0.5, 0.6) is 5.75 Å². The van der Waals surface area contributed by atoms with Crippen LogP contribution in [0, 0.1) is 0 Å². The van der Waals surface area contributed by atoms with E-state index < -0.39 is 0 Å². The molecular weight excluding hydrogens is 288 g/mol. The van der Waals surface area contributed by atoms with E-state index in [2.05, 4.69) is 9.97 Å². The Morgan fingerprint density at radius 3 is 2.48 bits per heavy atom. The number of nitrogens with zero attached hydrogens (tertiary/aromatic N) is 3. The van der Waals surface area contributed by atoms with Gasteiger partial charge in [-0.05, 0) is 30.3 Å². The van der Waals surface area contributed by atoms with Crippen LogP contribution < -0.4 is 5.73 Å². The molecule has 2 aromatic carbocycles. The first kappa shape index (κ1) is 13.3. The molecule has 0 saturated carbocycles. The van der Waals surface area contributed by atoms with E-state index in [1.807, 2.05) is 41.0 Å². The summed E-state index contributed by atoms with van der Waals surface area (Å²) in [5.74, 6) is 0.150. The lowest BCUT2D eigenvalue weighted by atomic mass is 10.1. The van der Waals surface area contributed by atoms with Gasteiger partial charge in [0.1, 0.15) is 17.6 Å². The summed E-state index contributed by atoms with van der Waals surface area (Å²) in [7, 11) is 0. The molecule has 0 amide bonds. The fourth-order valence-electron chi connectivity index (χ4n) is 2.62. The van der Waals surface area contributed by atoms with Crippen molar-refractivity contribution in [3.05, 3.63) is 67.0 Å². The number of hydrogen-bond acceptors (Lipinski definition) is 4. The molecule has 2 aromatic heterocycles. The number of rotatable bonds is 2. The summed E-state index contributed by atoms with van der Waals surface area (Å²) in [5, 5.41) is 10.1. The molecular formula is C18H14N4O. The topological polar surface area (TPSA) is 77.0 Å². The zero-order valence-corrected chi connectivity index (χ0v) is 12.2. The Bertz CT molecular complexity index is 993. The van der Waals surface area contributed by atoms with Crippen LogP contribution in [0.25, 0.3) is 28.1 Å². The van der Waals surface area contributed by atoms with E-state index in [-0.39, 0.29) is 5.75 Å². The molecule has 3 N–H and O–H groups in total. The summed E-state index contributed by atoms with van der Waals surface area (Å²) in [5.41, 5.74) is 10.1. The number of para-hydroxylation sites is 2. The molecule has 0 fully saturated rings. The van der Waals surface area contributed by atoms with Crippen molar-refractivity contribution in [2.24, 2.45) is 0 Å². The third kappa shape index (κ3) is 2.19. The number of fused-ring (bicyclic) bond motifs is 1. The second-order valence-corrected chi connectivity index (χ2v) is 5.24. The molecule has 0 bridgehead atoms. The third-order valence-electron chi connectivity index (χ3n) is 3.75. The fraction of sp³-hybridized carbons (Fsp3) is 0. The van der Waals surface area contributed by atoms with Gasteiger partial charge in [0.25, 0.3) is 0 Å². The number of imidazole rings is 1. The van der Waals surface area contributed by atoms with E-state index in [9.17, 15) is 5.11 Å². The highest BCUT2D eigenvalue weighted by Gasteiger charge is 2.14. The number of aromatic hydroxyl groups is 1. The molecule has 4 rings (SSSR count). The Kier molecular flexibility index (Phi) is 2.98. The summed E-state index contributed by atoms with van der Waals surface area (Å²) in [6.07, 6.45) is 1.72. The largest absolute Gasteiger partial charge is 0.507 e. The number of pyridine rings is 1. The Hall–Kier alpha value is -3.34. The van der Waals surface area contributed by atoms with Crippen molar-refractivity contribution in [2.45, 2.75) is 0 Å². The van der Waals surface area contributed by atoms with Crippen LogP contribution in [0.15, 0.2) is 67.0 Å². The molecule has 112 valence electrons. The summed E-state index contributed by atoms with van der Waals surface area (Å²) in [6, 6.07) is 18.7. The number of benzene rings is 2. The van der Waals surface area contributed by atoms with Crippen molar-refractivity contribution in [2.75, 3.05) is 5.73 Å². The van der Waals surface area contributed by atoms with E-state index in [0.717, 1.165) is 5.69 Å². The van der Waals surface area contributed by atoms with Crippen molar-refractivity contribution in [1.29, 1.82) is 0 Å². The van der Waals surface area contributed by atoms with E-state index in [1.54, 1.807) is 30.6 Å². The molecule has 2 heterocycles. The number of phenols is 1. The van der Waals surface area contributed by atoms with Crippen LogP contribution in [-0.2, 0) is 0 Å². The van der Waals surface area contributed by atoms with Gasteiger partial charge in [-0.3, -0.25) is 4.57 Å². The molecule has 0 aliphatic carbocycles. The minimum absolute atomic E-state index is 0.150. The molecule has 4 aromatic rings. The molecule has 5 nitrogen and oxygen atoms in total. The van der Waals surface area contributed by atoms with Crippen molar-refractivity contribution >= 4 is 16.9 Å². The van der Waals surface area contributed by atoms with Crippen LogP contribution in [-0.4, -0.2) is 19.6 Å². The van der Waals surface area contributed by atoms with E-state index >= 15 is 0 Å². The minimum Gasteiger partial charge on any atom is -0.507 e. The molecule has 0 radical (unpaired) electrons. The lowest BCUT2D eigenvalue weighted by Crippen LogP contribution is -1.98. The van der Waals surface area contributed by atoms with E-state index in [0.29, 0.717) is 28.1 Å². The molecule has 0 saturated heterocycles. The molecule has 0 atom stereocenters. The summed E-state index contributed by atoms with van der Waals surface area (Å²) in [4.78, 5) is 9.03. The molecule has 5 heteroatoms. The minimum atomic E-state index is 0.150. The van der Waals surface area contributed by atoms with Crippen LogP contribution >= 0.6 is 0 Å². The highest BCUT2D eigenvalue weighted by Crippen LogP contribution is 2.33. The Morgan fingerprint density at radius 1 is 0.957 bits per heavy atom. The standard InChI is InChI=1S/C18H14N4O/c19-14-10-15-18(21-17(14)13-8-4-5-9-16(13)23)22(11-20-15)12-6-2-1-3-7-12/h1-11,23H,19H2. The van der Waals surface area contributed by atoms with Gasteiger partial charge in [0.15, 0.2) is 5.65 Å². The van der Waals surface area contributed by atoms with Crippen LogP contribution in [0.1, 0.15) is 0 Å². The normalized spacial score (nSPS) is 11.0. The zero-order valence-electron chi connectivity index (χ0n) is 12.2. The summed E-state index contributed by atoms with van der Waals surface area (Å²) >= 11 is 0. The lowest BCUT2D eigenvalue weighted by Gasteiger charge is -2.09. The van der Waals surface area contributed by atoms with Gasteiger partial charge >= 0.3 is 0 Å². The van der Waals surface area contributed by atoms with Crippen molar-refractivity contribution in [1.82, 2.24) is 14.5 Å². The second kappa shape index (κ2) is 5.14. The number of aromatic nitrogens is 3. The van der Waals surface area contributed by atoms with Crippen LogP contribution in [0.4, 0.5) is 5.69 Å². The maximum atomic E-state index is 10.1. The highest BCUT2D eigenvalue weighted by molar-refractivity contribution is 5.86. The van der Waals surface area contributed by atoms with Gasteiger partial charge < -0.3 is 10.8 Å². The SMILES string of the molecule is Nc1cc2ncn(-c3ccccc3)c2nc1-c1ccccc1O. The zero-order chi connectivity index (χ0) is 15.8. The Balaban J connectivity index is 1.98. The van der Waals surface area contributed by atoms with E-state index in [4.69, 9.17) is 5.73 Å². The van der Waals surface area contributed by atoms with Gasteiger partial charge in [-0.1, -0.05) is 30.3 Å².